The Morgan fingerprint density at radius 1 is 1.26 bits per heavy atom. The minimum Gasteiger partial charge on any atom is -0.350 e. The Balaban J connectivity index is 1.93. The monoisotopic (exact) mass is 351 g/mol. The number of aryl methyl sites for hydroxylation is 2. The summed E-state index contributed by atoms with van der Waals surface area (Å²) in [5, 5.41) is 7.43. The van der Waals surface area contributed by atoms with Crippen LogP contribution in [0.25, 0.3) is 0 Å². The largest absolute Gasteiger partial charge is 0.350 e. The Labute approximate surface area is 144 Å². The molecule has 0 bridgehead atoms. The van der Waals surface area contributed by atoms with Crippen LogP contribution in [0.1, 0.15) is 48.6 Å². The summed E-state index contributed by atoms with van der Waals surface area (Å²) in [6, 6.07) is 1.92. The van der Waals surface area contributed by atoms with Crippen LogP contribution in [-0.4, -0.2) is 30.7 Å². The van der Waals surface area contributed by atoms with Gasteiger partial charge in [-0.15, -0.1) is 5.10 Å². The molecule has 2 aromatic rings. The van der Waals surface area contributed by atoms with Crippen molar-refractivity contribution in [1.82, 2.24) is 24.9 Å². The molecule has 1 unspecified atom stereocenters. The van der Waals surface area contributed by atoms with Crippen molar-refractivity contribution < 1.29 is 4.79 Å². The fourth-order valence-corrected chi connectivity index (χ4v) is 3.68. The highest BCUT2D eigenvalue weighted by Crippen LogP contribution is 2.22. The van der Waals surface area contributed by atoms with Gasteiger partial charge in [-0.05, 0) is 44.3 Å². The van der Waals surface area contributed by atoms with Crippen LogP contribution in [0.5, 0.6) is 0 Å². The molecule has 1 N–H and O–H groups in total. The van der Waals surface area contributed by atoms with E-state index in [2.05, 4.69) is 38.7 Å². The Morgan fingerprint density at radius 3 is 2.52 bits per heavy atom. The van der Waals surface area contributed by atoms with Gasteiger partial charge in [-0.3, -0.25) is 4.79 Å². The molecule has 0 aliphatic carbocycles. The summed E-state index contributed by atoms with van der Waals surface area (Å²) in [6.45, 7) is 10.3. The number of nitrogens with one attached hydrogen (secondary N) is 1. The SMILES string of the molecule is Cc1cc(C)nc(SC(C)C(=O)NCc2snnc2C(C)C)n1. The lowest BCUT2D eigenvalue weighted by molar-refractivity contribution is -0.120. The van der Waals surface area contributed by atoms with E-state index in [0.29, 0.717) is 17.6 Å². The molecule has 0 fully saturated rings. The molecule has 8 heteroatoms. The topological polar surface area (TPSA) is 80.7 Å². The Bertz CT molecular complexity index is 666. The molecule has 0 saturated carbocycles. The van der Waals surface area contributed by atoms with E-state index in [1.807, 2.05) is 26.8 Å². The highest BCUT2D eigenvalue weighted by atomic mass is 32.2. The van der Waals surface area contributed by atoms with Gasteiger partial charge in [0.1, 0.15) is 0 Å². The average Bonchev–Trinajstić information content (AvgIpc) is 2.92. The third-order valence-corrected chi connectivity index (χ3v) is 4.87. The van der Waals surface area contributed by atoms with Gasteiger partial charge in [-0.25, -0.2) is 9.97 Å². The maximum atomic E-state index is 12.3. The second-order valence-corrected chi connectivity index (χ2v) is 7.79. The minimum atomic E-state index is -0.264. The van der Waals surface area contributed by atoms with Gasteiger partial charge >= 0.3 is 0 Å². The molecule has 0 aliphatic heterocycles. The maximum absolute atomic E-state index is 12.3. The minimum absolute atomic E-state index is 0.0409. The van der Waals surface area contributed by atoms with E-state index in [4.69, 9.17) is 0 Å². The van der Waals surface area contributed by atoms with Crippen LogP contribution in [0, 0.1) is 13.8 Å². The van der Waals surface area contributed by atoms with E-state index in [0.717, 1.165) is 22.0 Å². The normalized spacial score (nSPS) is 12.4. The van der Waals surface area contributed by atoms with E-state index < -0.39 is 0 Å². The van der Waals surface area contributed by atoms with Gasteiger partial charge in [-0.2, -0.15) is 0 Å². The number of hydrogen-bond acceptors (Lipinski definition) is 7. The molecule has 2 aromatic heterocycles. The first-order valence-electron chi connectivity index (χ1n) is 7.44. The first-order valence-corrected chi connectivity index (χ1v) is 9.10. The number of rotatable bonds is 6. The van der Waals surface area contributed by atoms with Crippen molar-refractivity contribution in [3.8, 4) is 0 Å². The van der Waals surface area contributed by atoms with Gasteiger partial charge in [0, 0.05) is 11.4 Å². The van der Waals surface area contributed by atoms with Crippen LogP contribution in [0.4, 0.5) is 0 Å². The summed E-state index contributed by atoms with van der Waals surface area (Å²) in [6.07, 6.45) is 0. The zero-order valence-electron chi connectivity index (χ0n) is 14.0. The molecule has 0 radical (unpaired) electrons. The van der Waals surface area contributed by atoms with Crippen LogP contribution < -0.4 is 5.32 Å². The van der Waals surface area contributed by atoms with Gasteiger partial charge in [0.05, 0.1) is 22.4 Å². The van der Waals surface area contributed by atoms with Crippen LogP contribution >= 0.6 is 23.3 Å². The zero-order valence-corrected chi connectivity index (χ0v) is 15.6. The third kappa shape index (κ3) is 4.97. The summed E-state index contributed by atoms with van der Waals surface area (Å²) >= 11 is 2.70. The molecule has 2 rings (SSSR count). The first kappa shape index (κ1) is 17.8. The number of amides is 1. The molecule has 2 heterocycles. The molecule has 124 valence electrons. The van der Waals surface area contributed by atoms with Crippen molar-refractivity contribution in [2.75, 3.05) is 0 Å². The van der Waals surface area contributed by atoms with Crippen molar-refractivity contribution in [2.45, 2.75) is 57.5 Å². The van der Waals surface area contributed by atoms with E-state index >= 15 is 0 Å². The van der Waals surface area contributed by atoms with Gasteiger partial charge in [0.2, 0.25) is 5.91 Å². The number of hydrogen-bond donors (Lipinski definition) is 1. The van der Waals surface area contributed by atoms with Gasteiger partial charge in [-0.1, -0.05) is 30.1 Å². The van der Waals surface area contributed by atoms with E-state index in [1.165, 1.54) is 23.3 Å². The lowest BCUT2D eigenvalue weighted by Gasteiger charge is -2.12. The molecule has 0 aromatic carbocycles. The quantitative estimate of drug-likeness (QED) is 0.637. The number of aromatic nitrogens is 4. The van der Waals surface area contributed by atoms with Crippen molar-refractivity contribution in [3.05, 3.63) is 28.0 Å². The number of carbonyl (C=O) groups is 1. The molecule has 0 spiro atoms. The summed E-state index contributed by atoms with van der Waals surface area (Å²) < 4.78 is 3.97. The maximum Gasteiger partial charge on any atom is 0.233 e. The van der Waals surface area contributed by atoms with Gasteiger partial charge in [0.15, 0.2) is 5.16 Å². The first-order chi connectivity index (χ1) is 10.9. The predicted molar refractivity (Wildman–Crippen MR) is 92.7 cm³/mol. The summed E-state index contributed by atoms with van der Waals surface area (Å²) in [7, 11) is 0. The molecule has 0 aliphatic rings. The smallest absolute Gasteiger partial charge is 0.233 e. The van der Waals surface area contributed by atoms with E-state index in [9.17, 15) is 4.79 Å². The lowest BCUT2D eigenvalue weighted by Crippen LogP contribution is -2.30. The molecular formula is C15H21N5OS2. The standard InChI is InChI=1S/C15H21N5OS2/c1-8(2)13-12(23-20-19-13)7-16-14(21)11(5)22-15-17-9(3)6-10(4)18-15/h6,8,11H,7H2,1-5H3,(H,16,21). The second-order valence-electron chi connectivity index (χ2n) is 5.65. The zero-order chi connectivity index (χ0) is 17.0. The molecule has 1 atom stereocenters. The van der Waals surface area contributed by atoms with Crippen LogP contribution in [-0.2, 0) is 11.3 Å². The molecule has 0 saturated heterocycles. The second kappa shape index (κ2) is 7.83. The molecule has 1 amide bonds. The summed E-state index contributed by atoms with van der Waals surface area (Å²) in [5.74, 6) is 0.261. The van der Waals surface area contributed by atoms with Crippen molar-refractivity contribution in [3.63, 3.8) is 0 Å². The summed E-state index contributed by atoms with van der Waals surface area (Å²) in [4.78, 5) is 22.0. The van der Waals surface area contributed by atoms with Crippen LogP contribution in [0.15, 0.2) is 11.2 Å². The van der Waals surface area contributed by atoms with E-state index in [-0.39, 0.29) is 11.2 Å². The molecular weight excluding hydrogens is 330 g/mol. The van der Waals surface area contributed by atoms with Crippen LogP contribution in [0.2, 0.25) is 0 Å². The summed E-state index contributed by atoms with van der Waals surface area (Å²) in [5.41, 5.74) is 2.77. The van der Waals surface area contributed by atoms with Gasteiger partial charge < -0.3 is 5.32 Å². The van der Waals surface area contributed by atoms with E-state index in [1.54, 1.807) is 0 Å². The third-order valence-electron chi connectivity index (χ3n) is 3.17. The highest BCUT2D eigenvalue weighted by molar-refractivity contribution is 8.00. The van der Waals surface area contributed by atoms with Gasteiger partial charge in [0.25, 0.3) is 0 Å². The number of thioether (sulfide) groups is 1. The molecule has 23 heavy (non-hydrogen) atoms. The Kier molecular flexibility index (Phi) is 6.06. The average molecular weight is 352 g/mol. The fourth-order valence-electron chi connectivity index (χ4n) is 2.05. The fraction of sp³-hybridized carbons (Fsp3) is 0.533. The van der Waals surface area contributed by atoms with Crippen molar-refractivity contribution in [1.29, 1.82) is 0 Å². The highest BCUT2D eigenvalue weighted by Gasteiger charge is 2.18. The lowest BCUT2D eigenvalue weighted by atomic mass is 10.1. The Hall–Kier alpha value is -1.54. The number of nitrogens with zero attached hydrogens (tertiary/aromatic N) is 4. The van der Waals surface area contributed by atoms with Crippen LogP contribution in [0.3, 0.4) is 0 Å². The molecule has 6 nitrogen and oxygen atoms in total. The van der Waals surface area contributed by atoms with Crippen molar-refractivity contribution >= 4 is 29.2 Å². The number of carbonyl (C=O) groups excluding carboxylic acids is 1. The Morgan fingerprint density at radius 2 is 1.91 bits per heavy atom. The van der Waals surface area contributed by atoms with Crippen molar-refractivity contribution in [2.24, 2.45) is 0 Å². The predicted octanol–water partition coefficient (Wildman–Crippen LogP) is 2.87.